The fraction of sp³-hybridized carbons (Fsp3) is 0.208. The molecule has 2 aromatic heterocycles. The Balaban J connectivity index is 1.61. The Labute approximate surface area is 169 Å². The maximum Gasteiger partial charge on any atom is 0.261 e. The number of hydrogen-bond donors (Lipinski definition) is 0. The molecule has 2 aromatic carbocycles. The third-order valence-electron chi connectivity index (χ3n) is 5.71. The molecular formula is C24H22N4O. The summed E-state index contributed by atoms with van der Waals surface area (Å²) in [6, 6.07) is 18.3. The van der Waals surface area contributed by atoms with Crippen molar-refractivity contribution in [3.63, 3.8) is 0 Å². The van der Waals surface area contributed by atoms with Crippen LogP contribution >= 0.6 is 0 Å². The number of rotatable bonds is 2. The van der Waals surface area contributed by atoms with Gasteiger partial charge in [-0.15, -0.1) is 0 Å². The first-order valence-corrected chi connectivity index (χ1v) is 9.95. The van der Waals surface area contributed by atoms with Gasteiger partial charge in [0.2, 0.25) is 0 Å². The average Bonchev–Trinajstić information content (AvgIpc) is 3.10. The molecule has 29 heavy (non-hydrogen) atoms. The molecule has 5 heteroatoms. The molecular weight excluding hydrogens is 360 g/mol. The standard InChI is InChI=1S/C24H22N4O/c1-16-22(19-10-4-3-5-11-19)23-25-15-20(17(2)28(23)26-16)24(29)27-14-8-12-18-9-6-7-13-21(18)27/h3-7,9-11,13,15H,8,12,14H2,1-2H3. The molecule has 1 aliphatic heterocycles. The summed E-state index contributed by atoms with van der Waals surface area (Å²) < 4.78 is 1.81. The van der Waals surface area contributed by atoms with E-state index in [1.807, 2.05) is 55.1 Å². The molecule has 0 unspecified atom stereocenters. The van der Waals surface area contributed by atoms with Crippen LogP contribution in [0.15, 0.2) is 60.8 Å². The van der Waals surface area contributed by atoms with E-state index in [2.05, 4.69) is 23.2 Å². The van der Waals surface area contributed by atoms with Crippen LogP contribution < -0.4 is 4.90 Å². The maximum atomic E-state index is 13.4. The first-order valence-electron chi connectivity index (χ1n) is 9.95. The summed E-state index contributed by atoms with van der Waals surface area (Å²) in [4.78, 5) is 20.0. The van der Waals surface area contributed by atoms with E-state index in [0.717, 1.165) is 53.2 Å². The monoisotopic (exact) mass is 382 g/mol. The lowest BCUT2D eigenvalue weighted by atomic mass is 10.0. The van der Waals surface area contributed by atoms with Gasteiger partial charge in [-0.3, -0.25) is 4.79 Å². The molecule has 5 nitrogen and oxygen atoms in total. The molecule has 4 aromatic rings. The van der Waals surface area contributed by atoms with Crippen molar-refractivity contribution in [3.8, 4) is 11.1 Å². The van der Waals surface area contributed by atoms with E-state index in [1.54, 1.807) is 10.7 Å². The average molecular weight is 382 g/mol. The highest BCUT2D eigenvalue weighted by molar-refractivity contribution is 6.07. The molecule has 0 fully saturated rings. The second kappa shape index (κ2) is 6.85. The van der Waals surface area contributed by atoms with Gasteiger partial charge in [0, 0.05) is 24.0 Å². The van der Waals surface area contributed by atoms with Crippen LogP contribution in [-0.4, -0.2) is 27.0 Å². The zero-order valence-electron chi connectivity index (χ0n) is 16.6. The molecule has 0 spiro atoms. The second-order valence-electron chi connectivity index (χ2n) is 7.51. The molecule has 1 aliphatic rings. The van der Waals surface area contributed by atoms with E-state index in [9.17, 15) is 4.79 Å². The molecule has 144 valence electrons. The smallest absolute Gasteiger partial charge is 0.261 e. The Morgan fingerprint density at radius 1 is 1.00 bits per heavy atom. The summed E-state index contributed by atoms with van der Waals surface area (Å²) >= 11 is 0. The van der Waals surface area contributed by atoms with E-state index >= 15 is 0 Å². The van der Waals surface area contributed by atoms with Gasteiger partial charge in [-0.2, -0.15) is 5.10 Å². The van der Waals surface area contributed by atoms with Crippen LogP contribution in [0.3, 0.4) is 0 Å². The van der Waals surface area contributed by atoms with Gasteiger partial charge in [0.15, 0.2) is 5.65 Å². The van der Waals surface area contributed by atoms with Crippen LogP contribution in [0.5, 0.6) is 0 Å². The summed E-state index contributed by atoms with van der Waals surface area (Å²) in [7, 11) is 0. The highest BCUT2D eigenvalue weighted by atomic mass is 16.2. The van der Waals surface area contributed by atoms with E-state index in [0.29, 0.717) is 5.56 Å². The molecule has 1 amide bonds. The van der Waals surface area contributed by atoms with E-state index in [4.69, 9.17) is 5.10 Å². The highest BCUT2D eigenvalue weighted by Crippen LogP contribution is 2.31. The minimum absolute atomic E-state index is 0.0153. The number of amides is 1. The van der Waals surface area contributed by atoms with Gasteiger partial charge in [0.25, 0.3) is 5.91 Å². The summed E-state index contributed by atoms with van der Waals surface area (Å²) in [6.07, 6.45) is 3.68. The van der Waals surface area contributed by atoms with Crippen LogP contribution in [0, 0.1) is 13.8 Å². The predicted molar refractivity (Wildman–Crippen MR) is 114 cm³/mol. The zero-order valence-corrected chi connectivity index (χ0v) is 16.6. The Hall–Kier alpha value is -3.47. The van der Waals surface area contributed by atoms with Crippen LogP contribution in [0.4, 0.5) is 5.69 Å². The topological polar surface area (TPSA) is 50.5 Å². The van der Waals surface area contributed by atoms with Gasteiger partial charge in [0.05, 0.1) is 17.0 Å². The number of carbonyl (C=O) groups excluding carboxylic acids is 1. The van der Waals surface area contributed by atoms with Crippen molar-refractivity contribution in [1.29, 1.82) is 0 Å². The van der Waals surface area contributed by atoms with Crippen molar-refractivity contribution < 1.29 is 4.79 Å². The van der Waals surface area contributed by atoms with Crippen LogP contribution in [0.2, 0.25) is 0 Å². The molecule has 0 N–H and O–H groups in total. The van der Waals surface area contributed by atoms with Crippen LogP contribution in [0.1, 0.15) is 33.7 Å². The zero-order chi connectivity index (χ0) is 20.0. The van der Waals surface area contributed by atoms with Gasteiger partial charge in [0.1, 0.15) is 0 Å². The van der Waals surface area contributed by atoms with Crippen molar-refractivity contribution in [3.05, 3.63) is 83.3 Å². The normalized spacial score (nSPS) is 13.5. The quantitative estimate of drug-likeness (QED) is 0.509. The molecule has 0 saturated heterocycles. The number of hydrogen-bond acceptors (Lipinski definition) is 3. The first-order chi connectivity index (χ1) is 14.1. The Morgan fingerprint density at radius 2 is 1.76 bits per heavy atom. The van der Waals surface area contributed by atoms with Gasteiger partial charge in [-0.05, 0) is 43.9 Å². The van der Waals surface area contributed by atoms with Crippen LogP contribution in [0.25, 0.3) is 16.8 Å². The molecule has 0 saturated carbocycles. The first kappa shape index (κ1) is 17.6. The van der Waals surface area contributed by atoms with Crippen molar-refractivity contribution in [1.82, 2.24) is 14.6 Å². The number of carbonyl (C=O) groups is 1. The molecule has 3 heterocycles. The lowest BCUT2D eigenvalue weighted by molar-refractivity contribution is 0.0983. The SMILES string of the molecule is Cc1nn2c(C)c(C(=O)N3CCCc4ccccc43)cnc2c1-c1ccccc1. The Kier molecular flexibility index (Phi) is 4.16. The second-order valence-corrected chi connectivity index (χ2v) is 7.51. The lowest BCUT2D eigenvalue weighted by Crippen LogP contribution is -2.36. The third kappa shape index (κ3) is 2.81. The number of nitrogens with zero attached hydrogens (tertiary/aromatic N) is 4. The predicted octanol–water partition coefficient (Wildman–Crippen LogP) is 4.61. The summed E-state index contributed by atoms with van der Waals surface area (Å²) in [5, 5.41) is 4.70. The number of aryl methyl sites for hydroxylation is 3. The van der Waals surface area contributed by atoms with E-state index in [-0.39, 0.29) is 5.91 Å². The summed E-state index contributed by atoms with van der Waals surface area (Å²) in [5.41, 5.74) is 7.41. The Morgan fingerprint density at radius 3 is 2.59 bits per heavy atom. The summed E-state index contributed by atoms with van der Waals surface area (Å²) in [6.45, 7) is 4.65. The molecule has 0 aliphatic carbocycles. The molecule has 0 bridgehead atoms. The number of anilines is 1. The molecule has 0 radical (unpaired) electrons. The molecule has 5 rings (SSSR count). The maximum absolute atomic E-state index is 13.4. The van der Waals surface area contributed by atoms with E-state index < -0.39 is 0 Å². The fourth-order valence-corrected chi connectivity index (χ4v) is 4.24. The van der Waals surface area contributed by atoms with Gasteiger partial charge in [-0.25, -0.2) is 9.50 Å². The van der Waals surface area contributed by atoms with Gasteiger partial charge >= 0.3 is 0 Å². The van der Waals surface area contributed by atoms with Gasteiger partial charge in [-0.1, -0.05) is 48.5 Å². The van der Waals surface area contributed by atoms with Crippen molar-refractivity contribution in [2.75, 3.05) is 11.4 Å². The van der Waals surface area contributed by atoms with Crippen molar-refractivity contribution >= 4 is 17.2 Å². The summed E-state index contributed by atoms with van der Waals surface area (Å²) in [5.74, 6) is -0.0153. The number of benzene rings is 2. The highest BCUT2D eigenvalue weighted by Gasteiger charge is 2.26. The number of fused-ring (bicyclic) bond motifs is 2. The molecule has 0 atom stereocenters. The largest absolute Gasteiger partial charge is 0.308 e. The number of aromatic nitrogens is 3. The van der Waals surface area contributed by atoms with E-state index in [1.165, 1.54) is 5.56 Å². The fourth-order valence-electron chi connectivity index (χ4n) is 4.24. The minimum Gasteiger partial charge on any atom is -0.308 e. The number of para-hydroxylation sites is 1. The van der Waals surface area contributed by atoms with Gasteiger partial charge < -0.3 is 4.90 Å². The van der Waals surface area contributed by atoms with Crippen LogP contribution in [-0.2, 0) is 6.42 Å². The Bertz CT molecular complexity index is 1230. The van der Waals surface area contributed by atoms with Crippen molar-refractivity contribution in [2.24, 2.45) is 0 Å². The minimum atomic E-state index is -0.0153. The lowest BCUT2D eigenvalue weighted by Gasteiger charge is -2.29. The third-order valence-corrected chi connectivity index (χ3v) is 5.71. The van der Waals surface area contributed by atoms with Crippen molar-refractivity contribution in [2.45, 2.75) is 26.7 Å².